The summed E-state index contributed by atoms with van der Waals surface area (Å²) in [6, 6.07) is 10.7. The second kappa shape index (κ2) is 11.7. The average molecular weight is 388 g/mol. The Morgan fingerprint density at radius 2 is 2.00 bits per heavy atom. The van der Waals surface area contributed by atoms with E-state index in [1.807, 2.05) is 0 Å². The van der Waals surface area contributed by atoms with Gasteiger partial charge in [0.2, 0.25) is 5.91 Å². The molecule has 0 aliphatic carbocycles. The Morgan fingerprint density at radius 1 is 1.20 bits per heavy atom. The molecular weight excluding hydrogens is 357 g/mol. The first-order chi connectivity index (χ1) is 11.3. The predicted octanol–water partition coefficient (Wildman–Crippen LogP) is 2.51. The minimum absolute atomic E-state index is 0. The number of nitrogens with one attached hydrogen (secondary N) is 2. The summed E-state index contributed by atoms with van der Waals surface area (Å²) in [7, 11) is 0. The number of hydrogen-bond donors (Lipinski definition) is 2. The standard InChI is InChI=1S/C19H29N3O.2ClH/c23-19(18-7-4-10-20-14-18)21-13-17-9-12-22(15-17)11-8-16-5-2-1-3-6-16;;/h1-3,5-6,17-18,20H,4,7-15H2,(H,21,23);2*1H. The van der Waals surface area contributed by atoms with Gasteiger partial charge in [0.15, 0.2) is 0 Å². The summed E-state index contributed by atoms with van der Waals surface area (Å²) in [5.74, 6) is 1.05. The van der Waals surface area contributed by atoms with Gasteiger partial charge < -0.3 is 15.5 Å². The molecule has 25 heavy (non-hydrogen) atoms. The Labute approximate surface area is 163 Å². The van der Waals surface area contributed by atoms with Crippen LogP contribution in [0.2, 0.25) is 0 Å². The van der Waals surface area contributed by atoms with E-state index in [4.69, 9.17) is 0 Å². The Hall–Kier alpha value is -0.810. The minimum Gasteiger partial charge on any atom is -0.355 e. The smallest absolute Gasteiger partial charge is 0.224 e. The van der Waals surface area contributed by atoms with Crippen LogP contribution in [-0.2, 0) is 11.2 Å². The van der Waals surface area contributed by atoms with Crippen molar-refractivity contribution in [3.8, 4) is 0 Å². The lowest BCUT2D eigenvalue weighted by Crippen LogP contribution is -2.42. The lowest BCUT2D eigenvalue weighted by atomic mass is 9.98. The minimum atomic E-state index is 0. The number of benzene rings is 1. The molecule has 2 aliphatic heterocycles. The molecule has 1 aromatic carbocycles. The Kier molecular flexibility index (Phi) is 10.4. The van der Waals surface area contributed by atoms with Gasteiger partial charge in [-0.25, -0.2) is 0 Å². The van der Waals surface area contributed by atoms with Crippen LogP contribution in [0.5, 0.6) is 0 Å². The van der Waals surface area contributed by atoms with Crippen molar-refractivity contribution in [1.82, 2.24) is 15.5 Å². The number of hydrogen-bond acceptors (Lipinski definition) is 3. The molecule has 1 amide bonds. The monoisotopic (exact) mass is 387 g/mol. The molecule has 0 bridgehead atoms. The summed E-state index contributed by atoms with van der Waals surface area (Å²) >= 11 is 0. The zero-order valence-electron chi connectivity index (χ0n) is 14.8. The maximum absolute atomic E-state index is 12.2. The molecule has 1 aromatic rings. The third-order valence-electron chi connectivity index (χ3n) is 5.16. The van der Waals surface area contributed by atoms with Gasteiger partial charge in [-0.3, -0.25) is 4.79 Å². The fourth-order valence-electron chi connectivity index (χ4n) is 3.68. The highest BCUT2D eigenvalue weighted by atomic mass is 35.5. The second-order valence-corrected chi connectivity index (χ2v) is 6.98. The molecule has 2 aliphatic rings. The normalized spacial score (nSPS) is 23.4. The third-order valence-corrected chi connectivity index (χ3v) is 5.16. The summed E-state index contributed by atoms with van der Waals surface area (Å²) < 4.78 is 0. The molecule has 0 spiro atoms. The van der Waals surface area contributed by atoms with E-state index in [2.05, 4.69) is 45.9 Å². The van der Waals surface area contributed by atoms with Gasteiger partial charge in [0, 0.05) is 26.2 Å². The number of nitrogens with zero attached hydrogens (tertiary/aromatic N) is 1. The van der Waals surface area contributed by atoms with Crippen molar-refractivity contribution in [2.24, 2.45) is 11.8 Å². The molecule has 2 saturated heterocycles. The van der Waals surface area contributed by atoms with Crippen LogP contribution in [0.25, 0.3) is 0 Å². The van der Waals surface area contributed by atoms with Gasteiger partial charge in [-0.05, 0) is 50.3 Å². The maximum Gasteiger partial charge on any atom is 0.224 e. The van der Waals surface area contributed by atoms with E-state index in [9.17, 15) is 4.79 Å². The Balaban J connectivity index is 0.00000156. The highest BCUT2D eigenvalue weighted by Gasteiger charge is 2.25. The van der Waals surface area contributed by atoms with E-state index < -0.39 is 0 Å². The summed E-state index contributed by atoms with van der Waals surface area (Å²) in [4.78, 5) is 14.7. The average Bonchev–Trinajstić information content (AvgIpc) is 3.07. The van der Waals surface area contributed by atoms with Crippen LogP contribution in [0.3, 0.4) is 0 Å². The van der Waals surface area contributed by atoms with Gasteiger partial charge in [-0.1, -0.05) is 30.3 Å². The third kappa shape index (κ3) is 7.14. The van der Waals surface area contributed by atoms with Crippen LogP contribution in [0, 0.1) is 11.8 Å². The van der Waals surface area contributed by atoms with E-state index in [0.717, 1.165) is 52.0 Å². The van der Waals surface area contributed by atoms with Crippen molar-refractivity contribution < 1.29 is 4.79 Å². The molecule has 4 nitrogen and oxygen atoms in total. The van der Waals surface area contributed by atoms with Crippen molar-refractivity contribution in [2.45, 2.75) is 25.7 Å². The summed E-state index contributed by atoms with van der Waals surface area (Å²) in [5.41, 5.74) is 1.41. The van der Waals surface area contributed by atoms with Crippen molar-refractivity contribution in [1.29, 1.82) is 0 Å². The SMILES string of the molecule is Cl.Cl.O=C(NCC1CCN(CCc2ccccc2)C1)C1CCCNC1. The topological polar surface area (TPSA) is 44.4 Å². The van der Waals surface area contributed by atoms with Crippen LogP contribution in [0.1, 0.15) is 24.8 Å². The molecule has 2 heterocycles. The van der Waals surface area contributed by atoms with Crippen molar-refractivity contribution >= 4 is 30.7 Å². The highest BCUT2D eigenvalue weighted by molar-refractivity contribution is 5.85. The number of amides is 1. The van der Waals surface area contributed by atoms with Crippen molar-refractivity contribution in [3.05, 3.63) is 35.9 Å². The zero-order chi connectivity index (χ0) is 15.9. The Bertz CT molecular complexity index is 495. The first kappa shape index (κ1) is 22.2. The molecule has 2 atom stereocenters. The molecule has 0 saturated carbocycles. The fourth-order valence-corrected chi connectivity index (χ4v) is 3.68. The maximum atomic E-state index is 12.2. The van der Waals surface area contributed by atoms with Crippen LogP contribution < -0.4 is 10.6 Å². The molecular formula is C19H31Cl2N3O. The lowest BCUT2D eigenvalue weighted by Gasteiger charge is -2.23. The molecule has 6 heteroatoms. The number of carbonyl (C=O) groups excluding carboxylic acids is 1. The number of rotatable bonds is 6. The van der Waals surface area contributed by atoms with Gasteiger partial charge in [-0.15, -0.1) is 24.8 Å². The molecule has 2 N–H and O–H groups in total. The summed E-state index contributed by atoms with van der Waals surface area (Å²) in [5, 5.41) is 6.50. The van der Waals surface area contributed by atoms with Crippen molar-refractivity contribution in [2.75, 3.05) is 39.3 Å². The van der Waals surface area contributed by atoms with Gasteiger partial charge in [0.05, 0.1) is 5.92 Å². The van der Waals surface area contributed by atoms with Crippen LogP contribution >= 0.6 is 24.8 Å². The van der Waals surface area contributed by atoms with E-state index in [-0.39, 0.29) is 36.6 Å². The van der Waals surface area contributed by atoms with Crippen LogP contribution in [-0.4, -0.2) is 50.1 Å². The summed E-state index contributed by atoms with van der Waals surface area (Å²) in [6.45, 7) is 6.16. The van der Waals surface area contributed by atoms with E-state index in [1.165, 1.54) is 18.5 Å². The Morgan fingerprint density at radius 3 is 2.72 bits per heavy atom. The first-order valence-electron chi connectivity index (χ1n) is 9.06. The number of halogens is 2. The van der Waals surface area contributed by atoms with Gasteiger partial charge >= 0.3 is 0 Å². The van der Waals surface area contributed by atoms with Gasteiger partial charge in [0.1, 0.15) is 0 Å². The predicted molar refractivity (Wildman–Crippen MR) is 108 cm³/mol. The molecule has 2 unspecified atom stereocenters. The molecule has 3 rings (SSSR count). The van der Waals surface area contributed by atoms with E-state index in [0.29, 0.717) is 5.92 Å². The van der Waals surface area contributed by atoms with E-state index in [1.54, 1.807) is 0 Å². The number of carbonyl (C=O) groups is 1. The molecule has 0 radical (unpaired) electrons. The number of piperidine rings is 1. The second-order valence-electron chi connectivity index (χ2n) is 6.98. The zero-order valence-corrected chi connectivity index (χ0v) is 16.4. The molecule has 142 valence electrons. The van der Waals surface area contributed by atoms with Gasteiger partial charge in [-0.2, -0.15) is 0 Å². The number of likely N-dealkylation sites (tertiary alicyclic amines) is 1. The molecule has 0 aromatic heterocycles. The first-order valence-corrected chi connectivity index (χ1v) is 9.06. The lowest BCUT2D eigenvalue weighted by molar-refractivity contribution is -0.125. The largest absolute Gasteiger partial charge is 0.355 e. The fraction of sp³-hybridized carbons (Fsp3) is 0.632. The summed E-state index contributed by atoms with van der Waals surface area (Å²) in [6.07, 6.45) is 4.48. The highest BCUT2D eigenvalue weighted by Crippen LogP contribution is 2.17. The van der Waals surface area contributed by atoms with Gasteiger partial charge in [0.25, 0.3) is 0 Å². The quantitative estimate of drug-likeness (QED) is 0.787. The van der Waals surface area contributed by atoms with Crippen LogP contribution in [0.4, 0.5) is 0 Å². The van der Waals surface area contributed by atoms with Crippen LogP contribution in [0.15, 0.2) is 30.3 Å². The van der Waals surface area contributed by atoms with E-state index >= 15 is 0 Å². The molecule has 2 fully saturated rings. The van der Waals surface area contributed by atoms with Crippen molar-refractivity contribution in [3.63, 3.8) is 0 Å².